The first-order chi connectivity index (χ1) is 43.0. The molecule has 0 aromatic heterocycles. The van der Waals surface area contributed by atoms with Crippen LogP contribution in [0.25, 0.3) is 0 Å². The Bertz CT molecular complexity index is 1320. The average Bonchev–Trinajstić information content (AvgIpc) is 3.54. The molecule has 0 aliphatic heterocycles. The van der Waals surface area contributed by atoms with Crippen molar-refractivity contribution in [2.45, 2.75) is 482 Å². The molecule has 3 N–H and O–H groups in total. The van der Waals surface area contributed by atoms with Crippen molar-refractivity contribution in [1.29, 1.82) is 0 Å². The topological polar surface area (TPSA) is 95.9 Å². The second kappa shape index (κ2) is 77.1. The number of aliphatic hydroxyl groups is 2. The number of amides is 1. The van der Waals surface area contributed by atoms with Gasteiger partial charge in [-0.3, -0.25) is 9.59 Å². The van der Waals surface area contributed by atoms with Crippen molar-refractivity contribution in [3.05, 3.63) is 12.2 Å². The van der Waals surface area contributed by atoms with E-state index < -0.39 is 12.1 Å². The first-order valence-corrected chi connectivity index (χ1v) is 40.4. The molecule has 0 aliphatic carbocycles. The summed E-state index contributed by atoms with van der Waals surface area (Å²) < 4.78 is 5.52. The molecule has 0 aromatic rings. The van der Waals surface area contributed by atoms with Crippen molar-refractivity contribution in [3.63, 3.8) is 0 Å². The Balaban J connectivity index is 3.35. The fraction of sp³-hybridized carbons (Fsp3) is 0.951. The van der Waals surface area contributed by atoms with E-state index in [1.54, 1.807) is 0 Å². The highest BCUT2D eigenvalue weighted by Crippen LogP contribution is 2.20. The van der Waals surface area contributed by atoms with E-state index in [9.17, 15) is 19.8 Å². The molecule has 2 atom stereocenters. The molecule has 6 nitrogen and oxygen atoms in total. The Labute approximate surface area is 546 Å². The number of carbonyl (C=O) groups is 2. The van der Waals surface area contributed by atoms with Crippen LogP contribution in [0.4, 0.5) is 0 Å². The summed E-state index contributed by atoms with van der Waals surface area (Å²) in [4.78, 5) is 24.7. The zero-order chi connectivity index (χ0) is 62.8. The highest BCUT2D eigenvalue weighted by molar-refractivity contribution is 5.76. The van der Waals surface area contributed by atoms with E-state index in [1.807, 2.05) is 0 Å². The van der Waals surface area contributed by atoms with Gasteiger partial charge in [0.25, 0.3) is 0 Å². The number of aliphatic hydroxyl groups excluding tert-OH is 2. The normalized spacial score (nSPS) is 12.5. The van der Waals surface area contributed by atoms with Gasteiger partial charge in [-0.05, 0) is 51.4 Å². The van der Waals surface area contributed by atoms with Gasteiger partial charge in [0.05, 0.1) is 25.4 Å². The van der Waals surface area contributed by atoms with E-state index in [2.05, 4.69) is 31.3 Å². The van der Waals surface area contributed by atoms with Gasteiger partial charge in [-0.15, -0.1) is 0 Å². The summed E-state index contributed by atoms with van der Waals surface area (Å²) in [6.07, 6.45) is 97.3. The number of hydrogen-bond acceptors (Lipinski definition) is 5. The molecular formula is C81H159NO5. The van der Waals surface area contributed by atoms with Crippen LogP contribution in [0, 0.1) is 0 Å². The van der Waals surface area contributed by atoms with Crippen LogP contribution in [0.5, 0.6) is 0 Å². The van der Waals surface area contributed by atoms with Gasteiger partial charge < -0.3 is 20.3 Å². The Morgan fingerprint density at radius 3 is 0.816 bits per heavy atom. The smallest absolute Gasteiger partial charge is 0.305 e. The Kier molecular flexibility index (Phi) is 75.8. The summed E-state index contributed by atoms with van der Waals surface area (Å²) in [6.45, 7) is 5.02. The van der Waals surface area contributed by atoms with E-state index in [1.165, 1.54) is 398 Å². The van der Waals surface area contributed by atoms with Crippen LogP contribution in [0.15, 0.2) is 12.2 Å². The molecule has 0 bridgehead atoms. The molecule has 1 amide bonds. The van der Waals surface area contributed by atoms with Crippen LogP contribution < -0.4 is 5.32 Å². The first kappa shape index (κ1) is 85.6. The number of rotatable bonds is 77. The second-order valence-electron chi connectivity index (χ2n) is 28.1. The molecule has 87 heavy (non-hydrogen) atoms. The van der Waals surface area contributed by atoms with Crippen LogP contribution >= 0.6 is 0 Å². The Morgan fingerprint density at radius 2 is 0.540 bits per heavy atom. The lowest BCUT2D eigenvalue weighted by atomic mass is 10.0. The number of allylic oxidation sites excluding steroid dienone is 2. The van der Waals surface area contributed by atoms with Crippen LogP contribution in [0.2, 0.25) is 0 Å². The summed E-state index contributed by atoms with van der Waals surface area (Å²) >= 11 is 0. The fourth-order valence-electron chi connectivity index (χ4n) is 13.2. The van der Waals surface area contributed by atoms with E-state index in [-0.39, 0.29) is 18.5 Å². The summed E-state index contributed by atoms with van der Waals surface area (Å²) in [5, 5.41) is 23.5. The van der Waals surface area contributed by atoms with Gasteiger partial charge in [-0.25, -0.2) is 0 Å². The highest BCUT2D eigenvalue weighted by atomic mass is 16.5. The molecule has 0 aliphatic rings. The molecule has 0 spiro atoms. The van der Waals surface area contributed by atoms with Crippen molar-refractivity contribution >= 4 is 11.9 Å². The monoisotopic (exact) mass is 1230 g/mol. The lowest BCUT2D eigenvalue weighted by molar-refractivity contribution is -0.143. The van der Waals surface area contributed by atoms with Crippen molar-refractivity contribution in [2.75, 3.05) is 13.2 Å². The Hall–Kier alpha value is -1.40. The zero-order valence-corrected chi connectivity index (χ0v) is 59.5. The van der Waals surface area contributed by atoms with Crippen molar-refractivity contribution in [2.24, 2.45) is 0 Å². The van der Waals surface area contributed by atoms with Crippen molar-refractivity contribution < 1.29 is 24.5 Å². The predicted octanol–water partition coefficient (Wildman–Crippen LogP) is 26.7. The molecule has 0 fully saturated rings. The van der Waals surface area contributed by atoms with E-state index in [0.29, 0.717) is 25.9 Å². The van der Waals surface area contributed by atoms with E-state index in [4.69, 9.17) is 4.74 Å². The van der Waals surface area contributed by atoms with Gasteiger partial charge >= 0.3 is 5.97 Å². The summed E-state index contributed by atoms with van der Waals surface area (Å²) in [5.74, 6) is -0.00669. The third kappa shape index (κ3) is 73.5. The number of hydrogen-bond donors (Lipinski definition) is 3. The minimum atomic E-state index is -0.665. The molecular weight excluding hydrogens is 1070 g/mol. The van der Waals surface area contributed by atoms with Gasteiger partial charge in [0, 0.05) is 12.8 Å². The minimum Gasteiger partial charge on any atom is -0.466 e. The van der Waals surface area contributed by atoms with Gasteiger partial charge in [0.15, 0.2) is 0 Å². The van der Waals surface area contributed by atoms with Gasteiger partial charge in [-0.1, -0.05) is 418 Å². The zero-order valence-electron chi connectivity index (χ0n) is 59.5. The molecule has 0 aromatic carbocycles. The largest absolute Gasteiger partial charge is 0.466 e. The molecule has 0 saturated carbocycles. The van der Waals surface area contributed by atoms with Gasteiger partial charge in [0.2, 0.25) is 5.91 Å². The van der Waals surface area contributed by atoms with Crippen LogP contribution in [-0.2, 0) is 14.3 Å². The lowest BCUT2D eigenvalue weighted by Crippen LogP contribution is -2.45. The Morgan fingerprint density at radius 1 is 0.310 bits per heavy atom. The maximum Gasteiger partial charge on any atom is 0.305 e. The summed E-state index contributed by atoms with van der Waals surface area (Å²) in [5.41, 5.74) is 0. The van der Waals surface area contributed by atoms with Crippen molar-refractivity contribution in [3.8, 4) is 0 Å². The second-order valence-corrected chi connectivity index (χ2v) is 28.1. The third-order valence-corrected chi connectivity index (χ3v) is 19.3. The van der Waals surface area contributed by atoms with Gasteiger partial charge in [0.1, 0.15) is 0 Å². The highest BCUT2D eigenvalue weighted by Gasteiger charge is 2.20. The number of carbonyl (C=O) groups excluding carboxylic acids is 2. The molecule has 0 rings (SSSR count). The quantitative estimate of drug-likeness (QED) is 0.0320. The number of esters is 1. The van der Waals surface area contributed by atoms with Crippen LogP contribution in [0.1, 0.15) is 470 Å². The molecule has 0 heterocycles. The standard InChI is InChI=1S/C81H159NO5/c1-3-5-7-9-11-13-15-17-19-21-23-24-31-34-38-41-45-49-53-57-61-65-69-73-79(84)78(77-83)82-80(85)74-70-66-62-58-54-50-46-42-39-35-32-29-27-25-26-28-30-33-36-40-44-48-52-56-60-64-68-72-76-87-81(86)75-71-67-63-59-55-51-47-43-37-22-20-18-16-14-12-10-8-6-4-2/h25-26,78-79,83-84H,3-24,27-77H2,1-2H3,(H,82,85)/b26-25-. The maximum atomic E-state index is 12.6. The maximum absolute atomic E-state index is 12.6. The van der Waals surface area contributed by atoms with Gasteiger partial charge in [-0.2, -0.15) is 0 Å². The molecule has 6 heteroatoms. The number of ether oxygens (including phenoxy) is 1. The van der Waals surface area contributed by atoms with Crippen molar-refractivity contribution in [1.82, 2.24) is 5.32 Å². The average molecular weight is 1230 g/mol. The molecule has 0 radical (unpaired) electrons. The number of unbranched alkanes of at least 4 members (excludes halogenated alkanes) is 64. The minimum absolute atomic E-state index is 0.0222. The predicted molar refractivity (Wildman–Crippen MR) is 384 cm³/mol. The summed E-state index contributed by atoms with van der Waals surface area (Å²) in [6, 6.07) is -0.542. The fourth-order valence-corrected chi connectivity index (χ4v) is 13.2. The lowest BCUT2D eigenvalue weighted by Gasteiger charge is -2.22. The van der Waals surface area contributed by atoms with Crippen LogP contribution in [0.3, 0.4) is 0 Å². The van der Waals surface area contributed by atoms with Crippen LogP contribution in [-0.4, -0.2) is 47.4 Å². The third-order valence-electron chi connectivity index (χ3n) is 19.3. The van der Waals surface area contributed by atoms with E-state index in [0.717, 1.165) is 38.5 Å². The van der Waals surface area contributed by atoms with E-state index >= 15 is 0 Å². The molecule has 518 valence electrons. The SMILES string of the molecule is CCCCCCCCCCCCCCCCCCCCCCCCCC(O)C(CO)NC(=O)CCCCCCCCCCCCCC/C=C\CCCCCCCCCCCCCCOC(=O)CCCCCCCCCCCCCCCCCCCCC. The summed E-state index contributed by atoms with van der Waals surface area (Å²) in [7, 11) is 0. The first-order valence-electron chi connectivity index (χ1n) is 40.4. The molecule has 0 saturated heterocycles. The number of nitrogens with one attached hydrogen (secondary N) is 1. The molecule has 2 unspecified atom stereocenters.